The Bertz CT molecular complexity index is 931. The number of aliphatic hydroxyl groups is 1. The van der Waals surface area contributed by atoms with E-state index in [0.29, 0.717) is 41.8 Å². The van der Waals surface area contributed by atoms with Crippen molar-refractivity contribution >= 4 is 11.8 Å². The molecule has 2 aromatic rings. The highest BCUT2D eigenvalue weighted by atomic mass is 16.7. The molecule has 0 fully saturated rings. The van der Waals surface area contributed by atoms with Crippen LogP contribution in [0.2, 0.25) is 0 Å². The van der Waals surface area contributed by atoms with Crippen LogP contribution in [-0.4, -0.2) is 43.5 Å². The molecule has 2 aliphatic rings. The highest BCUT2D eigenvalue weighted by molar-refractivity contribution is 6.35. The van der Waals surface area contributed by atoms with Gasteiger partial charge in [0.1, 0.15) is 13.2 Å². The Morgan fingerprint density at radius 1 is 0.862 bits per heavy atom. The predicted octanol–water partition coefficient (Wildman–Crippen LogP) is 0.652. The van der Waals surface area contributed by atoms with Crippen molar-refractivity contribution in [1.82, 2.24) is 10.6 Å². The van der Waals surface area contributed by atoms with Gasteiger partial charge in [-0.3, -0.25) is 9.59 Å². The largest absolute Gasteiger partial charge is 0.486 e. The summed E-state index contributed by atoms with van der Waals surface area (Å²) in [4.78, 5) is 24.0. The standard InChI is InChI=1S/C20H20N2O7/c23-14(13-2-4-15-18(8-13)27-6-5-26-15)10-22-20(25)19(24)21-9-12-1-3-16-17(7-12)29-11-28-16/h1-4,7-8,14,23H,5-6,9-11H2,(H,21,24)(H,22,25). The smallest absolute Gasteiger partial charge is 0.309 e. The third kappa shape index (κ3) is 4.35. The van der Waals surface area contributed by atoms with Gasteiger partial charge in [0.2, 0.25) is 6.79 Å². The lowest BCUT2D eigenvalue weighted by Gasteiger charge is -2.20. The first-order valence-corrected chi connectivity index (χ1v) is 9.12. The van der Waals surface area contributed by atoms with E-state index in [1.54, 1.807) is 36.4 Å². The summed E-state index contributed by atoms with van der Waals surface area (Å²) in [6.45, 7) is 1.13. The SMILES string of the molecule is O=C(NCc1ccc2c(c1)OCO2)C(=O)NCC(O)c1ccc2c(c1)OCCO2. The van der Waals surface area contributed by atoms with Crippen molar-refractivity contribution in [3.05, 3.63) is 47.5 Å². The number of carbonyl (C=O) groups excluding carboxylic acids is 2. The molecule has 0 spiro atoms. The number of aliphatic hydroxyl groups excluding tert-OH is 1. The van der Waals surface area contributed by atoms with E-state index >= 15 is 0 Å². The van der Waals surface area contributed by atoms with Gasteiger partial charge >= 0.3 is 11.8 Å². The number of carbonyl (C=O) groups is 2. The number of rotatable bonds is 5. The lowest BCUT2D eigenvalue weighted by molar-refractivity contribution is -0.139. The molecule has 3 N–H and O–H groups in total. The number of hydrogen-bond donors (Lipinski definition) is 3. The Morgan fingerprint density at radius 3 is 2.38 bits per heavy atom. The third-order valence-corrected chi connectivity index (χ3v) is 4.50. The molecule has 9 heteroatoms. The van der Waals surface area contributed by atoms with E-state index in [1.165, 1.54) is 0 Å². The topological polar surface area (TPSA) is 115 Å². The summed E-state index contributed by atoms with van der Waals surface area (Å²) in [7, 11) is 0. The van der Waals surface area contributed by atoms with Gasteiger partial charge in [0.05, 0.1) is 6.10 Å². The second kappa shape index (κ2) is 8.27. The van der Waals surface area contributed by atoms with Crippen molar-refractivity contribution in [3.63, 3.8) is 0 Å². The van der Waals surface area contributed by atoms with E-state index in [4.69, 9.17) is 18.9 Å². The fourth-order valence-corrected chi connectivity index (χ4v) is 2.97. The molecular weight excluding hydrogens is 380 g/mol. The minimum atomic E-state index is -0.989. The first-order valence-electron chi connectivity index (χ1n) is 9.12. The van der Waals surface area contributed by atoms with Crippen molar-refractivity contribution in [1.29, 1.82) is 0 Å². The van der Waals surface area contributed by atoms with Crippen molar-refractivity contribution in [3.8, 4) is 23.0 Å². The highest BCUT2D eigenvalue weighted by Gasteiger charge is 2.19. The Labute approximate surface area is 166 Å². The van der Waals surface area contributed by atoms with Crippen LogP contribution in [-0.2, 0) is 16.1 Å². The maximum absolute atomic E-state index is 12.0. The van der Waals surface area contributed by atoms with E-state index in [9.17, 15) is 14.7 Å². The Hall–Kier alpha value is -3.46. The van der Waals surface area contributed by atoms with Crippen molar-refractivity contribution in [2.75, 3.05) is 26.6 Å². The van der Waals surface area contributed by atoms with Gasteiger partial charge in [-0.15, -0.1) is 0 Å². The average Bonchev–Trinajstić information content (AvgIpc) is 3.23. The Balaban J connectivity index is 1.26. The lowest BCUT2D eigenvalue weighted by atomic mass is 10.1. The van der Waals surface area contributed by atoms with E-state index in [0.717, 1.165) is 5.56 Å². The van der Waals surface area contributed by atoms with Crippen LogP contribution < -0.4 is 29.6 Å². The fourth-order valence-electron chi connectivity index (χ4n) is 2.97. The van der Waals surface area contributed by atoms with Gasteiger partial charge < -0.3 is 34.7 Å². The quantitative estimate of drug-likeness (QED) is 0.632. The second-order valence-corrected chi connectivity index (χ2v) is 6.50. The van der Waals surface area contributed by atoms with Crippen LogP contribution in [0, 0.1) is 0 Å². The molecule has 0 aromatic heterocycles. The van der Waals surface area contributed by atoms with Crippen molar-refractivity contribution in [2.45, 2.75) is 12.6 Å². The minimum Gasteiger partial charge on any atom is -0.486 e. The normalized spacial score (nSPS) is 14.8. The van der Waals surface area contributed by atoms with E-state index in [2.05, 4.69) is 10.6 Å². The maximum atomic E-state index is 12.0. The molecule has 4 rings (SSSR count). The zero-order chi connectivity index (χ0) is 20.2. The van der Waals surface area contributed by atoms with Gasteiger partial charge in [0.15, 0.2) is 23.0 Å². The average molecular weight is 400 g/mol. The van der Waals surface area contributed by atoms with Crippen LogP contribution >= 0.6 is 0 Å². The molecule has 2 amide bonds. The Morgan fingerprint density at radius 2 is 1.52 bits per heavy atom. The fraction of sp³-hybridized carbons (Fsp3) is 0.300. The predicted molar refractivity (Wildman–Crippen MR) is 99.8 cm³/mol. The monoisotopic (exact) mass is 400 g/mol. The number of amides is 2. The number of hydrogen-bond acceptors (Lipinski definition) is 7. The summed E-state index contributed by atoms with van der Waals surface area (Å²) < 4.78 is 21.4. The molecule has 0 bridgehead atoms. The molecule has 152 valence electrons. The molecule has 0 aliphatic carbocycles. The van der Waals surface area contributed by atoms with Crippen LogP contribution in [0.15, 0.2) is 36.4 Å². The van der Waals surface area contributed by atoms with Gasteiger partial charge in [-0.25, -0.2) is 0 Å². The summed E-state index contributed by atoms with van der Waals surface area (Å²) in [5.74, 6) is 0.772. The molecule has 1 unspecified atom stereocenters. The number of fused-ring (bicyclic) bond motifs is 2. The van der Waals surface area contributed by atoms with Gasteiger partial charge in [0.25, 0.3) is 0 Å². The van der Waals surface area contributed by atoms with Crippen LogP contribution in [0.3, 0.4) is 0 Å². The molecule has 2 heterocycles. The number of benzene rings is 2. The first kappa shape index (κ1) is 18.9. The van der Waals surface area contributed by atoms with Crippen LogP contribution in [0.4, 0.5) is 0 Å². The Kier molecular flexibility index (Phi) is 5.39. The molecule has 0 radical (unpaired) electrons. The number of ether oxygens (including phenoxy) is 4. The first-order chi connectivity index (χ1) is 14.1. The molecule has 2 aliphatic heterocycles. The van der Waals surface area contributed by atoms with E-state index < -0.39 is 17.9 Å². The van der Waals surface area contributed by atoms with Gasteiger partial charge in [-0.05, 0) is 35.4 Å². The van der Waals surface area contributed by atoms with Gasteiger partial charge in [0, 0.05) is 13.1 Å². The second-order valence-electron chi connectivity index (χ2n) is 6.50. The summed E-state index contributed by atoms with van der Waals surface area (Å²) in [5.41, 5.74) is 1.32. The van der Waals surface area contributed by atoms with Crippen LogP contribution in [0.25, 0.3) is 0 Å². The molecule has 0 saturated heterocycles. The van der Waals surface area contributed by atoms with Crippen LogP contribution in [0.5, 0.6) is 23.0 Å². The van der Waals surface area contributed by atoms with Gasteiger partial charge in [-0.1, -0.05) is 12.1 Å². The highest BCUT2D eigenvalue weighted by Crippen LogP contribution is 2.33. The molecule has 0 saturated carbocycles. The molecular formula is C20H20N2O7. The van der Waals surface area contributed by atoms with Crippen LogP contribution in [0.1, 0.15) is 17.2 Å². The summed E-state index contributed by atoms with van der Waals surface area (Å²) in [6, 6.07) is 10.3. The zero-order valence-electron chi connectivity index (χ0n) is 15.5. The summed E-state index contributed by atoms with van der Waals surface area (Å²) >= 11 is 0. The van der Waals surface area contributed by atoms with Crippen molar-refractivity contribution < 1.29 is 33.6 Å². The zero-order valence-corrected chi connectivity index (χ0v) is 15.5. The molecule has 1 atom stereocenters. The lowest BCUT2D eigenvalue weighted by Crippen LogP contribution is -2.41. The third-order valence-electron chi connectivity index (χ3n) is 4.50. The molecule has 2 aromatic carbocycles. The summed E-state index contributed by atoms with van der Waals surface area (Å²) in [6.07, 6.45) is -0.989. The van der Waals surface area contributed by atoms with E-state index in [1.807, 2.05) is 0 Å². The minimum absolute atomic E-state index is 0.115. The number of nitrogens with one attached hydrogen (secondary N) is 2. The summed E-state index contributed by atoms with van der Waals surface area (Å²) in [5, 5.41) is 15.2. The van der Waals surface area contributed by atoms with E-state index in [-0.39, 0.29) is 19.9 Å². The van der Waals surface area contributed by atoms with Crippen molar-refractivity contribution in [2.24, 2.45) is 0 Å². The molecule has 29 heavy (non-hydrogen) atoms. The van der Waals surface area contributed by atoms with Gasteiger partial charge in [-0.2, -0.15) is 0 Å². The maximum Gasteiger partial charge on any atom is 0.309 e. The molecule has 9 nitrogen and oxygen atoms in total.